The second kappa shape index (κ2) is 6.41. The monoisotopic (exact) mass is 302 g/mol. The van der Waals surface area contributed by atoms with E-state index in [-0.39, 0.29) is 0 Å². The van der Waals surface area contributed by atoms with Crippen LogP contribution in [0.3, 0.4) is 0 Å². The summed E-state index contributed by atoms with van der Waals surface area (Å²) in [5.74, 6) is 0. The summed E-state index contributed by atoms with van der Waals surface area (Å²) < 4.78 is 0. The van der Waals surface area contributed by atoms with Gasteiger partial charge in [-0.25, -0.2) is 0 Å². The number of hydrogen-bond acceptors (Lipinski definition) is 4. The van der Waals surface area contributed by atoms with Crippen LogP contribution < -0.4 is 4.90 Å². The Kier molecular flexibility index (Phi) is 4.36. The van der Waals surface area contributed by atoms with Gasteiger partial charge in [0.2, 0.25) is 0 Å². The molecule has 3 heterocycles. The zero-order valence-corrected chi connectivity index (χ0v) is 12.9. The maximum absolute atomic E-state index is 6.22. The number of anilines is 1. The number of aromatic nitrogens is 2. The lowest BCUT2D eigenvalue weighted by Gasteiger charge is -2.39. The van der Waals surface area contributed by atoms with Crippen molar-refractivity contribution in [2.75, 3.05) is 31.1 Å². The van der Waals surface area contributed by atoms with Gasteiger partial charge in [0.1, 0.15) is 0 Å². The Morgan fingerprint density at radius 2 is 1.90 bits per heavy atom. The molecule has 1 aliphatic heterocycles. The van der Waals surface area contributed by atoms with E-state index in [1.165, 1.54) is 0 Å². The molecule has 0 radical (unpaired) electrons. The molecule has 1 fully saturated rings. The fourth-order valence-electron chi connectivity index (χ4n) is 2.78. The van der Waals surface area contributed by atoms with E-state index in [1.54, 1.807) is 12.4 Å². The van der Waals surface area contributed by atoms with Gasteiger partial charge in [-0.3, -0.25) is 14.9 Å². The van der Waals surface area contributed by atoms with E-state index >= 15 is 0 Å². The van der Waals surface area contributed by atoms with Crippen molar-refractivity contribution in [3.05, 3.63) is 53.6 Å². The average Bonchev–Trinajstić information content (AvgIpc) is 2.56. The van der Waals surface area contributed by atoms with Gasteiger partial charge in [0.15, 0.2) is 0 Å². The third-order valence-electron chi connectivity index (χ3n) is 4.07. The fourth-order valence-corrected chi connectivity index (χ4v) is 3.02. The highest BCUT2D eigenvalue weighted by atomic mass is 35.5. The average molecular weight is 303 g/mol. The summed E-state index contributed by atoms with van der Waals surface area (Å²) in [6, 6.07) is 8.43. The van der Waals surface area contributed by atoms with Crippen LogP contribution in [0.4, 0.5) is 5.69 Å². The van der Waals surface area contributed by atoms with E-state index in [1.807, 2.05) is 24.4 Å². The van der Waals surface area contributed by atoms with Crippen molar-refractivity contribution in [1.29, 1.82) is 0 Å². The Morgan fingerprint density at radius 3 is 2.57 bits per heavy atom. The second-order valence-corrected chi connectivity index (χ2v) is 5.69. The normalized spacial score (nSPS) is 17.7. The number of hydrogen-bond donors (Lipinski definition) is 0. The Bertz CT molecular complexity index is 582. The zero-order chi connectivity index (χ0) is 14.7. The van der Waals surface area contributed by atoms with Crippen LogP contribution in [0.15, 0.2) is 42.9 Å². The highest BCUT2D eigenvalue weighted by Gasteiger charge is 2.23. The van der Waals surface area contributed by atoms with Crippen LogP contribution in [0.5, 0.6) is 0 Å². The smallest absolute Gasteiger partial charge is 0.0822 e. The second-order valence-electron chi connectivity index (χ2n) is 5.28. The molecule has 1 aliphatic rings. The molecule has 3 rings (SSSR count). The van der Waals surface area contributed by atoms with E-state index in [2.05, 4.69) is 32.8 Å². The molecule has 110 valence electrons. The Hall–Kier alpha value is -1.65. The van der Waals surface area contributed by atoms with E-state index in [0.717, 1.165) is 42.6 Å². The summed E-state index contributed by atoms with van der Waals surface area (Å²) in [6.45, 7) is 6.19. The van der Waals surface area contributed by atoms with Gasteiger partial charge in [-0.1, -0.05) is 17.7 Å². The van der Waals surface area contributed by atoms with Gasteiger partial charge in [0.25, 0.3) is 0 Å². The molecular weight excluding hydrogens is 284 g/mol. The summed E-state index contributed by atoms with van der Waals surface area (Å²) in [7, 11) is 0. The van der Waals surface area contributed by atoms with Crippen LogP contribution in [-0.4, -0.2) is 41.0 Å². The van der Waals surface area contributed by atoms with Crippen LogP contribution in [0.1, 0.15) is 18.7 Å². The molecular formula is C16H19ClN4. The summed E-state index contributed by atoms with van der Waals surface area (Å²) >= 11 is 6.22. The topological polar surface area (TPSA) is 32.3 Å². The highest BCUT2D eigenvalue weighted by molar-refractivity contribution is 6.33. The lowest BCUT2D eigenvalue weighted by Crippen LogP contribution is -2.47. The van der Waals surface area contributed by atoms with E-state index in [9.17, 15) is 0 Å². The first-order valence-electron chi connectivity index (χ1n) is 7.25. The van der Waals surface area contributed by atoms with E-state index in [0.29, 0.717) is 6.04 Å². The molecule has 2 aromatic rings. The molecule has 2 aromatic heterocycles. The number of nitrogens with zero attached hydrogens (tertiary/aromatic N) is 4. The van der Waals surface area contributed by atoms with E-state index < -0.39 is 0 Å². The lowest BCUT2D eigenvalue weighted by atomic mass is 10.1. The molecule has 0 unspecified atom stereocenters. The van der Waals surface area contributed by atoms with Gasteiger partial charge < -0.3 is 4.90 Å². The number of rotatable bonds is 3. The summed E-state index contributed by atoms with van der Waals surface area (Å²) in [4.78, 5) is 13.3. The maximum Gasteiger partial charge on any atom is 0.0822 e. The van der Waals surface area contributed by atoms with Crippen molar-refractivity contribution in [3.63, 3.8) is 0 Å². The molecule has 0 spiro atoms. The summed E-state index contributed by atoms with van der Waals surface area (Å²) in [6.07, 6.45) is 5.36. The van der Waals surface area contributed by atoms with Gasteiger partial charge in [0, 0.05) is 50.8 Å². The molecule has 4 nitrogen and oxygen atoms in total. The minimum Gasteiger partial charge on any atom is -0.368 e. The van der Waals surface area contributed by atoms with E-state index in [4.69, 9.17) is 11.6 Å². The predicted octanol–water partition coefficient (Wildman–Crippen LogP) is 3.01. The molecule has 1 saturated heterocycles. The molecule has 0 aliphatic carbocycles. The van der Waals surface area contributed by atoms with Crippen LogP contribution >= 0.6 is 11.6 Å². The molecule has 0 bridgehead atoms. The lowest BCUT2D eigenvalue weighted by molar-refractivity contribution is 0.195. The SMILES string of the molecule is C[C@H](c1ccccn1)N1CCN(c2ccncc2Cl)CC1. The molecule has 1 atom stereocenters. The first-order chi connectivity index (χ1) is 10.3. The summed E-state index contributed by atoms with van der Waals surface area (Å²) in [5, 5.41) is 0.726. The third kappa shape index (κ3) is 3.17. The van der Waals surface area contributed by atoms with Gasteiger partial charge in [0.05, 0.1) is 16.4 Å². The van der Waals surface area contributed by atoms with Gasteiger partial charge in [-0.05, 0) is 25.1 Å². The third-order valence-corrected chi connectivity index (χ3v) is 4.36. The van der Waals surface area contributed by atoms with Crippen molar-refractivity contribution in [3.8, 4) is 0 Å². The predicted molar refractivity (Wildman–Crippen MR) is 85.7 cm³/mol. The fraction of sp³-hybridized carbons (Fsp3) is 0.375. The highest BCUT2D eigenvalue weighted by Crippen LogP contribution is 2.27. The van der Waals surface area contributed by atoms with Crippen molar-refractivity contribution in [2.24, 2.45) is 0 Å². The van der Waals surface area contributed by atoms with Crippen LogP contribution in [0.25, 0.3) is 0 Å². The molecule has 0 saturated carbocycles. The first-order valence-corrected chi connectivity index (χ1v) is 7.63. The first kappa shape index (κ1) is 14.3. The van der Waals surface area contributed by atoms with Crippen LogP contribution in [0, 0.1) is 0 Å². The molecule has 5 heteroatoms. The Labute approximate surface area is 130 Å². The summed E-state index contributed by atoms with van der Waals surface area (Å²) in [5.41, 5.74) is 2.21. The standard InChI is InChI=1S/C16H19ClN4/c1-13(15-4-2-3-6-19-15)20-8-10-21(11-9-20)16-5-7-18-12-14(16)17/h2-7,12-13H,8-11H2,1H3/t13-/m1/s1. The Morgan fingerprint density at radius 1 is 1.10 bits per heavy atom. The van der Waals surface area contributed by atoms with Gasteiger partial charge in [-0.15, -0.1) is 0 Å². The number of pyridine rings is 2. The van der Waals surface area contributed by atoms with Crippen LogP contribution in [-0.2, 0) is 0 Å². The van der Waals surface area contributed by atoms with Crippen molar-refractivity contribution >= 4 is 17.3 Å². The largest absolute Gasteiger partial charge is 0.368 e. The quantitative estimate of drug-likeness (QED) is 0.872. The Balaban J connectivity index is 1.64. The molecule has 0 N–H and O–H groups in total. The zero-order valence-electron chi connectivity index (χ0n) is 12.1. The molecule has 21 heavy (non-hydrogen) atoms. The van der Waals surface area contributed by atoms with Crippen molar-refractivity contribution in [2.45, 2.75) is 13.0 Å². The van der Waals surface area contributed by atoms with Crippen molar-refractivity contribution in [1.82, 2.24) is 14.9 Å². The van der Waals surface area contributed by atoms with Crippen LogP contribution in [0.2, 0.25) is 5.02 Å². The minimum atomic E-state index is 0.348. The number of halogens is 1. The van der Waals surface area contributed by atoms with Gasteiger partial charge >= 0.3 is 0 Å². The van der Waals surface area contributed by atoms with Crippen molar-refractivity contribution < 1.29 is 0 Å². The molecule has 0 amide bonds. The minimum absolute atomic E-state index is 0.348. The number of piperazine rings is 1. The van der Waals surface area contributed by atoms with Gasteiger partial charge in [-0.2, -0.15) is 0 Å². The molecule has 0 aromatic carbocycles. The maximum atomic E-state index is 6.22.